The van der Waals surface area contributed by atoms with Crippen LogP contribution in [-0.2, 0) is 7.05 Å². The number of nitrogens with two attached hydrogens (primary N) is 1. The van der Waals surface area contributed by atoms with E-state index >= 15 is 0 Å². The highest BCUT2D eigenvalue weighted by molar-refractivity contribution is 5.05. The summed E-state index contributed by atoms with van der Waals surface area (Å²) in [5, 5.41) is 4.44. The number of rotatable bonds is 4. The van der Waals surface area contributed by atoms with Crippen molar-refractivity contribution in [3.63, 3.8) is 0 Å². The van der Waals surface area contributed by atoms with Gasteiger partial charge in [0.25, 0.3) is 0 Å². The Morgan fingerprint density at radius 1 is 1.41 bits per heavy atom. The molecular formula is C13H24N4. The standard InChI is InChI=1S/C13H24N4/c1-17-9-8-12(16-17)13(15-14)10-11-6-4-2-3-5-7-11/h8-9,11,13,15H,2-7,10,14H2,1H3. The lowest BCUT2D eigenvalue weighted by Gasteiger charge is -2.20. The van der Waals surface area contributed by atoms with Gasteiger partial charge < -0.3 is 0 Å². The van der Waals surface area contributed by atoms with Crippen molar-refractivity contribution < 1.29 is 0 Å². The van der Waals surface area contributed by atoms with Crippen LogP contribution in [0.2, 0.25) is 0 Å². The van der Waals surface area contributed by atoms with Gasteiger partial charge in [0.15, 0.2) is 0 Å². The summed E-state index contributed by atoms with van der Waals surface area (Å²) in [4.78, 5) is 0. The van der Waals surface area contributed by atoms with E-state index in [4.69, 9.17) is 5.84 Å². The van der Waals surface area contributed by atoms with Crippen LogP contribution in [0.25, 0.3) is 0 Å². The van der Waals surface area contributed by atoms with E-state index in [1.165, 1.54) is 38.5 Å². The average Bonchev–Trinajstić information content (AvgIpc) is 2.62. The molecule has 96 valence electrons. The van der Waals surface area contributed by atoms with Gasteiger partial charge in [-0.2, -0.15) is 5.10 Å². The topological polar surface area (TPSA) is 55.9 Å². The zero-order valence-corrected chi connectivity index (χ0v) is 10.7. The molecule has 4 nitrogen and oxygen atoms in total. The van der Waals surface area contributed by atoms with Crippen LogP contribution in [0.4, 0.5) is 0 Å². The van der Waals surface area contributed by atoms with Crippen molar-refractivity contribution in [2.45, 2.75) is 51.0 Å². The summed E-state index contributed by atoms with van der Waals surface area (Å²) in [5.74, 6) is 6.48. The predicted molar refractivity (Wildman–Crippen MR) is 69.1 cm³/mol. The van der Waals surface area contributed by atoms with Gasteiger partial charge in [0.1, 0.15) is 0 Å². The van der Waals surface area contributed by atoms with Crippen molar-refractivity contribution in [2.75, 3.05) is 0 Å². The average molecular weight is 236 g/mol. The summed E-state index contributed by atoms with van der Waals surface area (Å²) in [7, 11) is 1.95. The highest BCUT2D eigenvalue weighted by Gasteiger charge is 2.20. The first kappa shape index (κ1) is 12.6. The fourth-order valence-corrected chi connectivity index (χ4v) is 2.83. The Hall–Kier alpha value is -0.870. The summed E-state index contributed by atoms with van der Waals surface area (Å²) in [5.41, 5.74) is 3.99. The molecule has 0 saturated heterocycles. The Kier molecular flexibility index (Phi) is 4.57. The van der Waals surface area contributed by atoms with Gasteiger partial charge in [0.2, 0.25) is 0 Å². The van der Waals surface area contributed by atoms with E-state index in [-0.39, 0.29) is 6.04 Å². The summed E-state index contributed by atoms with van der Waals surface area (Å²) in [6.45, 7) is 0. The van der Waals surface area contributed by atoms with Gasteiger partial charge in [-0.25, -0.2) is 0 Å². The third kappa shape index (κ3) is 3.54. The van der Waals surface area contributed by atoms with Crippen LogP contribution in [0.5, 0.6) is 0 Å². The molecule has 2 rings (SSSR count). The predicted octanol–water partition coefficient (Wildman–Crippen LogP) is 2.28. The van der Waals surface area contributed by atoms with Crippen LogP contribution in [0, 0.1) is 5.92 Å². The Morgan fingerprint density at radius 2 is 2.12 bits per heavy atom. The molecule has 3 N–H and O–H groups in total. The van der Waals surface area contributed by atoms with E-state index in [2.05, 4.69) is 16.6 Å². The van der Waals surface area contributed by atoms with E-state index in [9.17, 15) is 0 Å². The van der Waals surface area contributed by atoms with Crippen molar-refractivity contribution in [3.8, 4) is 0 Å². The summed E-state index contributed by atoms with van der Waals surface area (Å²) >= 11 is 0. The van der Waals surface area contributed by atoms with Crippen LogP contribution < -0.4 is 11.3 Å². The largest absolute Gasteiger partial charge is 0.275 e. The lowest BCUT2D eigenvalue weighted by Crippen LogP contribution is -2.30. The Labute approximate surface area is 104 Å². The van der Waals surface area contributed by atoms with Crippen molar-refractivity contribution in [2.24, 2.45) is 18.8 Å². The second kappa shape index (κ2) is 6.17. The SMILES string of the molecule is Cn1ccc(C(CC2CCCCCC2)NN)n1. The highest BCUT2D eigenvalue weighted by atomic mass is 15.3. The summed E-state index contributed by atoms with van der Waals surface area (Å²) < 4.78 is 1.84. The molecule has 1 heterocycles. The molecule has 1 aromatic rings. The van der Waals surface area contributed by atoms with E-state index in [1.54, 1.807) is 0 Å². The molecular weight excluding hydrogens is 212 g/mol. The van der Waals surface area contributed by atoms with Crippen molar-refractivity contribution in [3.05, 3.63) is 18.0 Å². The number of hydrogen-bond acceptors (Lipinski definition) is 3. The Bertz CT molecular complexity index is 326. The zero-order chi connectivity index (χ0) is 12.1. The molecule has 1 aliphatic carbocycles. The summed E-state index contributed by atoms with van der Waals surface area (Å²) in [6, 6.07) is 2.26. The van der Waals surface area contributed by atoms with E-state index in [0.717, 1.165) is 18.0 Å². The number of hydrazine groups is 1. The third-order valence-corrected chi connectivity index (χ3v) is 3.84. The molecule has 0 bridgehead atoms. The molecule has 1 aromatic heterocycles. The fourth-order valence-electron chi connectivity index (χ4n) is 2.83. The first-order valence-corrected chi connectivity index (χ1v) is 6.75. The molecule has 0 spiro atoms. The van der Waals surface area contributed by atoms with Gasteiger partial charge >= 0.3 is 0 Å². The molecule has 17 heavy (non-hydrogen) atoms. The maximum absolute atomic E-state index is 5.67. The van der Waals surface area contributed by atoms with Gasteiger partial charge in [-0.3, -0.25) is 16.0 Å². The van der Waals surface area contributed by atoms with Crippen LogP contribution in [0.3, 0.4) is 0 Å². The van der Waals surface area contributed by atoms with Crippen molar-refractivity contribution in [1.29, 1.82) is 0 Å². The van der Waals surface area contributed by atoms with Gasteiger partial charge in [-0.15, -0.1) is 0 Å². The van der Waals surface area contributed by atoms with Gasteiger partial charge in [0, 0.05) is 13.2 Å². The van der Waals surface area contributed by atoms with Gasteiger partial charge in [-0.1, -0.05) is 38.5 Å². The van der Waals surface area contributed by atoms with E-state index < -0.39 is 0 Å². The van der Waals surface area contributed by atoms with Crippen LogP contribution in [-0.4, -0.2) is 9.78 Å². The zero-order valence-electron chi connectivity index (χ0n) is 10.7. The maximum atomic E-state index is 5.67. The first-order chi connectivity index (χ1) is 8.29. The van der Waals surface area contributed by atoms with E-state index in [0.29, 0.717) is 0 Å². The molecule has 1 unspecified atom stereocenters. The van der Waals surface area contributed by atoms with Crippen LogP contribution in [0.1, 0.15) is 56.7 Å². The van der Waals surface area contributed by atoms with Gasteiger partial charge in [-0.05, 0) is 18.4 Å². The number of aromatic nitrogens is 2. The number of aryl methyl sites for hydroxylation is 1. The van der Waals surface area contributed by atoms with Crippen molar-refractivity contribution >= 4 is 0 Å². The molecule has 1 fully saturated rings. The number of nitrogens with zero attached hydrogens (tertiary/aromatic N) is 2. The second-order valence-corrected chi connectivity index (χ2v) is 5.23. The molecule has 0 radical (unpaired) electrons. The van der Waals surface area contributed by atoms with E-state index in [1.807, 2.05) is 17.9 Å². The van der Waals surface area contributed by atoms with Crippen LogP contribution in [0.15, 0.2) is 12.3 Å². The van der Waals surface area contributed by atoms with Gasteiger partial charge in [0.05, 0.1) is 11.7 Å². The molecule has 1 aliphatic rings. The number of hydrogen-bond donors (Lipinski definition) is 2. The molecule has 4 heteroatoms. The Morgan fingerprint density at radius 3 is 2.65 bits per heavy atom. The maximum Gasteiger partial charge on any atom is 0.0807 e. The number of nitrogens with one attached hydrogen (secondary N) is 1. The minimum Gasteiger partial charge on any atom is -0.275 e. The fraction of sp³-hybridized carbons (Fsp3) is 0.769. The highest BCUT2D eigenvalue weighted by Crippen LogP contribution is 2.30. The molecule has 0 aromatic carbocycles. The summed E-state index contributed by atoms with van der Waals surface area (Å²) in [6.07, 6.45) is 11.4. The molecule has 0 amide bonds. The molecule has 1 saturated carbocycles. The molecule has 0 aliphatic heterocycles. The second-order valence-electron chi connectivity index (χ2n) is 5.23. The first-order valence-electron chi connectivity index (χ1n) is 6.75. The normalized spacial score (nSPS) is 20.1. The quantitative estimate of drug-likeness (QED) is 0.479. The lowest BCUT2D eigenvalue weighted by molar-refractivity contribution is 0.353. The van der Waals surface area contributed by atoms with Crippen LogP contribution >= 0.6 is 0 Å². The van der Waals surface area contributed by atoms with Crippen molar-refractivity contribution in [1.82, 2.24) is 15.2 Å². The smallest absolute Gasteiger partial charge is 0.0807 e. The third-order valence-electron chi connectivity index (χ3n) is 3.84. The Balaban J connectivity index is 1.94. The lowest BCUT2D eigenvalue weighted by atomic mass is 9.92. The molecule has 1 atom stereocenters. The monoisotopic (exact) mass is 236 g/mol. The minimum absolute atomic E-state index is 0.208. The minimum atomic E-state index is 0.208.